The molecule has 202 valence electrons. The van der Waals surface area contributed by atoms with Crippen LogP contribution in [0.4, 0.5) is 0 Å². The van der Waals surface area contributed by atoms with Gasteiger partial charge < -0.3 is 4.57 Å². The van der Waals surface area contributed by atoms with Crippen LogP contribution in [-0.4, -0.2) is 23.9 Å². The van der Waals surface area contributed by atoms with Crippen molar-refractivity contribution in [2.24, 2.45) is 0 Å². The maximum atomic E-state index is 12.4. The van der Waals surface area contributed by atoms with Gasteiger partial charge in [0.25, 0.3) is 15.9 Å². The zero-order valence-electron chi connectivity index (χ0n) is 21.5. The summed E-state index contributed by atoms with van der Waals surface area (Å²) in [6.07, 6.45) is 4.53. The van der Waals surface area contributed by atoms with Gasteiger partial charge in [-0.05, 0) is 47.5 Å². The van der Waals surface area contributed by atoms with Crippen LogP contribution < -0.4 is 4.72 Å². The molecule has 1 heterocycles. The van der Waals surface area contributed by atoms with E-state index < -0.39 is 15.9 Å². The summed E-state index contributed by atoms with van der Waals surface area (Å²) < 4.78 is 28.5. The summed E-state index contributed by atoms with van der Waals surface area (Å²) in [7, 11) is -4.00. The van der Waals surface area contributed by atoms with Crippen molar-refractivity contribution in [1.82, 2.24) is 14.3 Å². The summed E-state index contributed by atoms with van der Waals surface area (Å²) in [4.78, 5) is 16.8. The van der Waals surface area contributed by atoms with Crippen LogP contribution in [0.1, 0.15) is 40.7 Å². The van der Waals surface area contributed by atoms with Crippen molar-refractivity contribution in [2.75, 3.05) is 0 Å². The number of rotatable bonds is 8. The highest BCUT2D eigenvalue weighted by atomic mass is 35.5. The minimum absolute atomic E-state index is 0.189. The molecule has 0 aliphatic rings. The first-order chi connectivity index (χ1) is 19.2. The van der Waals surface area contributed by atoms with Crippen molar-refractivity contribution in [3.8, 4) is 11.8 Å². The third-order valence-corrected chi connectivity index (χ3v) is 7.35. The van der Waals surface area contributed by atoms with Crippen LogP contribution in [-0.2, 0) is 27.8 Å². The number of aromatic nitrogens is 2. The lowest BCUT2D eigenvalue weighted by atomic mass is 10.1. The molecule has 1 aromatic heterocycles. The lowest BCUT2D eigenvalue weighted by molar-refractivity contribution is -0.114. The van der Waals surface area contributed by atoms with Crippen molar-refractivity contribution in [3.63, 3.8) is 0 Å². The van der Waals surface area contributed by atoms with E-state index in [0.29, 0.717) is 35.1 Å². The second kappa shape index (κ2) is 13.3. The number of hydrogen-bond acceptors (Lipinski definition) is 4. The van der Waals surface area contributed by atoms with E-state index in [1.54, 1.807) is 30.3 Å². The molecule has 0 bridgehead atoms. The average Bonchev–Trinajstić information content (AvgIpc) is 3.25. The summed E-state index contributed by atoms with van der Waals surface area (Å²) in [5.74, 6) is 6.10. The molecule has 4 rings (SSSR count). The Morgan fingerprint density at radius 3 is 2.30 bits per heavy atom. The zero-order chi connectivity index (χ0) is 28.5. The number of amides is 1. The largest absolute Gasteiger partial charge is 0.323 e. The number of nitrogens with zero attached hydrogens (tertiary/aromatic N) is 2. The smallest absolute Gasteiger partial charge is 0.257 e. The average molecular weight is 591 g/mol. The van der Waals surface area contributed by atoms with Crippen LogP contribution in [0.15, 0.2) is 90.3 Å². The topological polar surface area (TPSA) is 81.1 Å². The van der Waals surface area contributed by atoms with Gasteiger partial charge in [-0.2, -0.15) is 0 Å². The normalized spacial score (nSPS) is 11.5. The van der Waals surface area contributed by atoms with Crippen LogP contribution in [0.3, 0.4) is 0 Å². The second-order valence-electron chi connectivity index (χ2n) is 8.62. The molecule has 0 unspecified atom stereocenters. The van der Waals surface area contributed by atoms with Crippen LogP contribution in [0.5, 0.6) is 0 Å². The molecular weight excluding hydrogens is 565 g/mol. The van der Waals surface area contributed by atoms with Crippen molar-refractivity contribution in [1.29, 1.82) is 0 Å². The van der Waals surface area contributed by atoms with Crippen LogP contribution >= 0.6 is 23.2 Å². The maximum absolute atomic E-state index is 12.4. The molecule has 0 radical (unpaired) electrons. The Labute approximate surface area is 244 Å². The van der Waals surface area contributed by atoms with E-state index in [-0.39, 0.29) is 5.15 Å². The number of benzene rings is 3. The molecule has 0 fully saturated rings. The van der Waals surface area contributed by atoms with Gasteiger partial charge in [0, 0.05) is 28.6 Å². The van der Waals surface area contributed by atoms with Crippen molar-refractivity contribution in [3.05, 3.63) is 134 Å². The van der Waals surface area contributed by atoms with Gasteiger partial charge in [-0.3, -0.25) is 4.79 Å². The van der Waals surface area contributed by atoms with Gasteiger partial charge in [0.2, 0.25) is 0 Å². The predicted molar refractivity (Wildman–Crippen MR) is 161 cm³/mol. The molecule has 0 aliphatic carbocycles. The number of aryl methyl sites for hydroxylation is 1. The monoisotopic (exact) mass is 589 g/mol. The molecule has 0 atom stereocenters. The van der Waals surface area contributed by atoms with E-state index in [0.717, 1.165) is 28.2 Å². The number of imidazole rings is 1. The number of sulfonamides is 1. The second-order valence-corrected chi connectivity index (χ2v) is 11.0. The molecule has 0 spiro atoms. The summed E-state index contributed by atoms with van der Waals surface area (Å²) in [6.45, 7) is 2.28. The Morgan fingerprint density at radius 2 is 1.62 bits per heavy atom. The summed E-state index contributed by atoms with van der Waals surface area (Å²) in [5, 5.41) is 1.65. The Kier molecular flexibility index (Phi) is 9.62. The van der Waals surface area contributed by atoms with Gasteiger partial charge in [-0.1, -0.05) is 96.6 Å². The Bertz CT molecular complexity index is 1740. The molecule has 1 N–H and O–H groups in total. The highest BCUT2D eigenvalue weighted by Gasteiger charge is 2.16. The summed E-state index contributed by atoms with van der Waals surface area (Å²) in [6, 6.07) is 24.1. The number of carbonyl (C=O) groups excluding carboxylic acids is 1. The highest BCUT2D eigenvalue weighted by Crippen LogP contribution is 2.25. The lowest BCUT2D eigenvalue weighted by Crippen LogP contribution is -2.26. The van der Waals surface area contributed by atoms with Crippen LogP contribution in [0.2, 0.25) is 10.2 Å². The van der Waals surface area contributed by atoms with Crippen molar-refractivity contribution >= 4 is 51.3 Å². The zero-order valence-corrected chi connectivity index (χ0v) is 23.8. The quantitative estimate of drug-likeness (QED) is 0.192. The van der Waals surface area contributed by atoms with Crippen molar-refractivity contribution < 1.29 is 13.2 Å². The fraction of sp³-hybridized carbons (Fsp3) is 0.0968. The predicted octanol–water partition coefficient (Wildman–Crippen LogP) is 6.33. The molecule has 1 amide bonds. The van der Waals surface area contributed by atoms with Gasteiger partial charge in [-0.15, -0.1) is 0 Å². The standard InChI is InChI=1S/C31H25Cl2N3O3S/c1-2-29-34-31(33)28(17-18-30(37)35-40(38,39)20-19-24-11-7-4-8-12-24)36(29)22-26-16-15-25(21-27(26)32)14-13-23-9-5-3-6-10-23/h3-12,15-21H,2,22H2,1H3,(H,35,37). The van der Waals surface area contributed by atoms with E-state index in [1.807, 2.05) is 64.7 Å². The van der Waals surface area contributed by atoms with Gasteiger partial charge in [0.1, 0.15) is 5.82 Å². The van der Waals surface area contributed by atoms with E-state index in [9.17, 15) is 13.2 Å². The number of halogens is 2. The molecule has 3 aromatic carbocycles. The maximum Gasteiger partial charge on any atom is 0.257 e. The molecule has 4 aromatic rings. The van der Waals surface area contributed by atoms with E-state index >= 15 is 0 Å². The van der Waals surface area contributed by atoms with Gasteiger partial charge in [0.05, 0.1) is 17.6 Å². The van der Waals surface area contributed by atoms with Gasteiger partial charge >= 0.3 is 0 Å². The van der Waals surface area contributed by atoms with E-state index in [1.165, 1.54) is 12.2 Å². The minimum Gasteiger partial charge on any atom is -0.323 e. The molecule has 6 nitrogen and oxygen atoms in total. The van der Waals surface area contributed by atoms with Gasteiger partial charge in [-0.25, -0.2) is 18.1 Å². The molecule has 0 aliphatic heterocycles. The van der Waals surface area contributed by atoms with Crippen LogP contribution in [0, 0.1) is 11.8 Å². The van der Waals surface area contributed by atoms with Crippen LogP contribution in [0.25, 0.3) is 12.2 Å². The third-order valence-electron chi connectivity index (χ3n) is 5.74. The highest BCUT2D eigenvalue weighted by molar-refractivity contribution is 7.93. The fourth-order valence-electron chi connectivity index (χ4n) is 3.77. The molecule has 0 saturated heterocycles. The van der Waals surface area contributed by atoms with E-state index in [4.69, 9.17) is 23.2 Å². The molecule has 0 saturated carbocycles. The summed E-state index contributed by atoms with van der Waals surface area (Å²) >= 11 is 13.0. The first-order valence-electron chi connectivity index (χ1n) is 12.3. The fourth-order valence-corrected chi connectivity index (χ4v) is 5.03. The van der Waals surface area contributed by atoms with Gasteiger partial charge in [0.15, 0.2) is 5.15 Å². The first-order valence-corrected chi connectivity index (χ1v) is 14.6. The Hall–Kier alpha value is -4.09. The van der Waals surface area contributed by atoms with Crippen molar-refractivity contribution in [2.45, 2.75) is 19.9 Å². The number of hydrogen-bond donors (Lipinski definition) is 1. The van der Waals surface area contributed by atoms with E-state index in [2.05, 4.69) is 16.8 Å². The number of carbonyl (C=O) groups is 1. The number of nitrogens with one attached hydrogen (secondary N) is 1. The Balaban J connectivity index is 1.51. The molecular formula is C31H25Cl2N3O3S. The Morgan fingerprint density at radius 1 is 0.950 bits per heavy atom. The molecule has 9 heteroatoms. The summed E-state index contributed by atoms with van der Waals surface area (Å²) in [5.41, 5.74) is 3.63. The lowest BCUT2D eigenvalue weighted by Gasteiger charge is -2.11. The minimum atomic E-state index is -4.00. The third kappa shape index (κ3) is 7.96. The SMILES string of the molecule is CCc1nc(Cl)c(C=CC(=O)NS(=O)(=O)C=Cc2ccccc2)n1Cc1ccc(C#Cc2ccccc2)cc1Cl. The first kappa shape index (κ1) is 28.9. The molecule has 40 heavy (non-hydrogen) atoms.